The third-order valence-corrected chi connectivity index (χ3v) is 6.69. The van der Waals surface area contributed by atoms with Crippen LogP contribution in [0.25, 0.3) is 16.8 Å². The van der Waals surface area contributed by atoms with E-state index < -0.39 is 5.97 Å². The fraction of sp³-hybridized carbons (Fsp3) is 0.133. The maximum atomic E-state index is 12.6. The highest BCUT2D eigenvalue weighted by Crippen LogP contribution is 2.36. The number of carbonyl (C=O) groups excluding carboxylic acids is 1. The molecule has 0 unspecified atom stereocenters. The first-order chi connectivity index (χ1) is 17.5. The molecule has 5 rings (SSSR count). The highest BCUT2D eigenvalue weighted by atomic mass is 127. The number of carbonyl (C=O) groups is 1. The number of nitrogens with zero attached hydrogens (tertiary/aromatic N) is 1. The summed E-state index contributed by atoms with van der Waals surface area (Å²) in [5.74, 6) is 1.12. The summed E-state index contributed by atoms with van der Waals surface area (Å²) in [6.45, 7) is 4.92. The van der Waals surface area contributed by atoms with Gasteiger partial charge in [-0.15, -0.1) is 0 Å². The molecule has 0 radical (unpaired) electrons. The molecule has 0 bridgehead atoms. The fourth-order valence-corrected chi connectivity index (χ4v) is 4.79. The molecular weight excluding hydrogens is 565 g/mol. The Balaban J connectivity index is 1.43. The van der Waals surface area contributed by atoms with Gasteiger partial charge in [0.2, 0.25) is 5.90 Å². The molecule has 0 atom stereocenters. The molecule has 0 aromatic heterocycles. The van der Waals surface area contributed by atoms with Crippen molar-refractivity contribution in [2.75, 3.05) is 6.61 Å². The highest BCUT2D eigenvalue weighted by Gasteiger charge is 2.25. The first-order valence-electron chi connectivity index (χ1n) is 11.7. The molecule has 0 saturated carbocycles. The monoisotopic (exact) mass is 589 g/mol. The van der Waals surface area contributed by atoms with Gasteiger partial charge in [0.25, 0.3) is 0 Å². The topological polar surface area (TPSA) is 57.1 Å². The number of hydrogen-bond acceptors (Lipinski definition) is 5. The smallest absolute Gasteiger partial charge is 0.363 e. The van der Waals surface area contributed by atoms with Crippen LogP contribution in [0.4, 0.5) is 0 Å². The average molecular weight is 589 g/mol. The van der Waals surface area contributed by atoms with E-state index in [0.717, 1.165) is 31.0 Å². The fourth-order valence-electron chi connectivity index (χ4n) is 4.01. The second-order valence-electron chi connectivity index (χ2n) is 8.38. The first-order valence-corrected chi connectivity index (χ1v) is 12.7. The van der Waals surface area contributed by atoms with Crippen molar-refractivity contribution in [3.63, 3.8) is 0 Å². The number of ether oxygens (including phenoxy) is 3. The van der Waals surface area contributed by atoms with Crippen LogP contribution in [0, 0.1) is 10.5 Å². The van der Waals surface area contributed by atoms with Crippen LogP contribution in [0.5, 0.6) is 11.5 Å². The molecule has 1 aliphatic heterocycles. The van der Waals surface area contributed by atoms with E-state index in [-0.39, 0.29) is 5.70 Å². The Morgan fingerprint density at radius 1 is 0.944 bits per heavy atom. The van der Waals surface area contributed by atoms with Crippen molar-refractivity contribution in [2.45, 2.75) is 20.5 Å². The summed E-state index contributed by atoms with van der Waals surface area (Å²) in [6, 6.07) is 25.9. The minimum atomic E-state index is -0.481. The van der Waals surface area contributed by atoms with Gasteiger partial charge in [0, 0.05) is 5.56 Å². The van der Waals surface area contributed by atoms with E-state index in [1.54, 1.807) is 6.08 Å². The van der Waals surface area contributed by atoms with Gasteiger partial charge in [-0.3, -0.25) is 0 Å². The molecular formula is C30H24INO4. The van der Waals surface area contributed by atoms with Crippen molar-refractivity contribution in [2.24, 2.45) is 4.99 Å². The van der Waals surface area contributed by atoms with Gasteiger partial charge in [-0.1, -0.05) is 54.6 Å². The Hall–Kier alpha value is -3.65. The first kappa shape index (κ1) is 24.1. The summed E-state index contributed by atoms with van der Waals surface area (Å²) < 4.78 is 18.4. The summed E-state index contributed by atoms with van der Waals surface area (Å²) in [4.78, 5) is 17.1. The largest absolute Gasteiger partial charge is 0.490 e. The summed E-state index contributed by atoms with van der Waals surface area (Å²) >= 11 is 2.23. The van der Waals surface area contributed by atoms with Crippen molar-refractivity contribution >= 4 is 51.3 Å². The summed E-state index contributed by atoms with van der Waals surface area (Å²) in [5.41, 5.74) is 4.07. The van der Waals surface area contributed by atoms with Gasteiger partial charge >= 0.3 is 5.97 Å². The SMILES string of the molecule is CCOc1cc(/C=C2\N=C(c3ccc4ccccc4c3)OC2=O)cc(I)c1OCc1ccccc1C. The summed E-state index contributed by atoms with van der Waals surface area (Å²) in [7, 11) is 0. The molecule has 0 aliphatic carbocycles. The number of halogens is 1. The van der Waals surface area contributed by atoms with Gasteiger partial charge in [-0.2, -0.15) is 0 Å². The zero-order chi connectivity index (χ0) is 25.1. The lowest BCUT2D eigenvalue weighted by Gasteiger charge is -2.15. The van der Waals surface area contributed by atoms with E-state index in [0.29, 0.717) is 30.6 Å². The Morgan fingerprint density at radius 3 is 2.53 bits per heavy atom. The number of esters is 1. The van der Waals surface area contributed by atoms with Crippen LogP contribution in [0.1, 0.15) is 29.2 Å². The second kappa shape index (κ2) is 10.5. The van der Waals surface area contributed by atoms with Crippen molar-refractivity contribution in [3.8, 4) is 11.5 Å². The Labute approximate surface area is 223 Å². The van der Waals surface area contributed by atoms with E-state index >= 15 is 0 Å². The Bertz CT molecular complexity index is 1520. The van der Waals surface area contributed by atoms with Gasteiger partial charge in [-0.05, 0) is 94.2 Å². The van der Waals surface area contributed by atoms with Gasteiger partial charge in [0.15, 0.2) is 17.2 Å². The highest BCUT2D eigenvalue weighted by molar-refractivity contribution is 14.1. The zero-order valence-electron chi connectivity index (χ0n) is 20.0. The second-order valence-corrected chi connectivity index (χ2v) is 9.54. The number of rotatable bonds is 7. The van der Waals surface area contributed by atoms with E-state index in [9.17, 15) is 4.79 Å². The lowest BCUT2D eigenvalue weighted by atomic mass is 10.1. The summed E-state index contributed by atoms with van der Waals surface area (Å²) in [6.07, 6.45) is 1.71. The normalized spacial score (nSPS) is 14.1. The number of aryl methyl sites for hydroxylation is 1. The molecule has 0 saturated heterocycles. The third kappa shape index (κ3) is 5.14. The van der Waals surface area contributed by atoms with Crippen LogP contribution >= 0.6 is 22.6 Å². The predicted octanol–water partition coefficient (Wildman–Crippen LogP) is 7.08. The molecule has 4 aromatic rings. The number of aliphatic imine (C=N–C) groups is 1. The van der Waals surface area contributed by atoms with Crippen molar-refractivity contribution in [1.82, 2.24) is 0 Å². The average Bonchev–Trinajstić information content (AvgIpc) is 3.24. The van der Waals surface area contributed by atoms with Crippen LogP contribution in [0.15, 0.2) is 89.6 Å². The lowest BCUT2D eigenvalue weighted by molar-refractivity contribution is -0.129. The number of cyclic esters (lactones) is 1. The summed E-state index contributed by atoms with van der Waals surface area (Å²) in [5, 5.41) is 2.17. The van der Waals surface area contributed by atoms with Crippen LogP contribution in [0.3, 0.4) is 0 Å². The van der Waals surface area contributed by atoms with Gasteiger partial charge in [0.05, 0.1) is 10.2 Å². The zero-order valence-corrected chi connectivity index (χ0v) is 22.1. The van der Waals surface area contributed by atoms with Gasteiger partial charge < -0.3 is 14.2 Å². The molecule has 0 N–H and O–H groups in total. The number of fused-ring (bicyclic) bond motifs is 1. The predicted molar refractivity (Wildman–Crippen MR) is 150 cm³/mol. The number of hydrogen-bond donors (Lipinski definition) is 0. The molecule has 1 aliphatic rings. The molecule has 5 nitrogen and oxygen atoms in total. The lowest BCUT2D eigenvalue weighted by Crippen LogP contribution is -2.05. The quantitative estimate of drug-likeness (QED) is 0.131. The van der Waals surface area contributed by atoms with Crippen LogP contribution in [-0.4, -0.2) is 18.5 Å². The maximum absolute atomic E-state index is 12.6. The minimum Gasteiger partial charge on any atom is -0.490 e. The molecule has 4 aromatic carbocycles. The minimum absolute atomic E-state index is 0.241. The van der Waals surface area contributed by atoms with Crippen molar-refractivity contribution in [3.05, 3.63) is 110 Å². The molecule has 36 heavy (non-hydrogen) atoms. The van der Waals surface area contributed by atoms with E-state index in [1.807, 2.05) is 73.7 Å². The standard InChI is InChI=1S/C30H24INO4/c1-3-34-27-16-20(14-25(31)28(27)35-18-24-11-5-4-8-19(24)2)15-26-30(33)36-29(32-26)23-13-12-21-9-6-7-10-22(21)17-23/h4-17H,3,18H2,1-2H3/b26-15-. The van der Waals surface area contributed by atoms with E-state index in [4.69, 9.17) is 14.2 Å². The Morgan fingerprint density at radius 2 is 1.72 bits per heavy atom. The van der Waals surface area contributed by atoms with Crippen molar-refractivity contribution < 1.29 is 19.0 Å². The Kier molecular flexibility index (Phi) is 7.04. The van der Waals surface area contributed by atoms with Crippen LogP contribution in [-0.2, 0) is 16.1 Å². The molecule has 0 spiro atoms. The maximum Gasteiger partial charge on any atom is 0.363 e. The molecule has 6 heteroatoms. The molecule has 180 valence electrons. The van der Waals surface area contributed by atoms with E-state index in [2.05, 4.69) is 46.6 Å². The van der Waals surface area contributed by atoms with Crippen LogP contribution in [0.2, 0.25) is 0 Å². The van der Waals surface area contributed by atoms with Gasteiger partial charge in [0.1, 0.15) is 6.61 Å². The molecule has 0 fully saturated rings. The van der Waals surface area contributed by atoms with Gasteiger partial charge in [-0.25, -0.2) is 9.79 Å². The van der Waals surface area contributed by atoms with Crippen LogP contribution < -0.4 is 9.47 Å². The third-order valence-electron chi connectivity index (χ3n) is 5.89. The molecule has 1 heterocycles. The van der Waals surface area contributed by atoms with E-state index in [1.165, 1.54) is 5.56 Å². The van der Waals surface area contributed by atoms with Crippen molar-refractivity contribution in [1.29, 1.82) is 0 Å². The molecule has 0 amide bonds. The number of benzene rings is 4.